The Hall–Kier alpha value is -0.740. The minimum atomic E-state index is 0.0752. The molecule has 2 rings (SSSR count). The zero-order valence-corrected chi connectivity index (χ0v) is 14.7. The molecule has 1 unspecified atom stereocenters. The molecule has 0 aliphatic carbocycles. The van der Waals surface area contributed by atoms with Crippen molar-refractivity contribution < 1.29 is 4.74 Å². The van der Waals surface area contributed by atoms with Crippen LogP contribution >= 0.6 is 39.1 Å². The van der Waals surface area contributed by atoms with E-state index in [1.807, 2.05) is 24.3 Å². The summed E-state index contributed by atoms with van der Waals surface area (Å²) in [6.45, 7) is 2.06. The summed E-state index contributed by atoms with van der Waals surface area (Å²) in [5, 5.41) is 1.22. The maximum absolute atomic E-state index is 6.19. The van der Waals surface area contributed by atoms with Crippen LogP contribution in [0.25, 0.3) is 0 Å². The molecule has 2 N–H and O–H groups in total. The Bertz CT molecular complexity index is 634. The van der Waals surface area contributed by atoms with Crippen LogP contribution < -0.4 is 10.5 Å². The van der Waals surface area contributed by atoms with Gasteiger partial charge in [-0.3, -0.25) is 0 Å². The number of benzene rings is 2. The molecule has 0 radical (unpaired) electrons. The number of halogens is 3. The van der Waals surface area contributed by atoms with E-state index >= 15 is 0 Å². The fourth-order valence-corrected chi connectivity index (χ4v) is 2.82. The van der Waals surface area contributed by atoms with Gasteiger partial charge in [-0.25, -0.2) is 0 Å². The summed E-state index contributed by atoms with van der Waals surface area (Å²) < 4.78 is 6.84. The van der Waals surface area contributed by atoms with Gasteiger partial charge in [-0.15, -0.1) is 0 Å². The smallest absolute Gasteiger partial charge is 0.146 e. The van der Waals surface area contributed by atoms with Gasteiger partial charge < -0.3 is 10.5 Å². The summed E-state index contributed by atoms with van der Waals surface area (Å²) in [4.78, 5) is 0. The molecular formula is C16H16BrCl2NO. The second-order valence-corrected chi connectivity index (χ2v) is 6.56. The minimum absolute atomic E-state index is 0.0752. The molecule has 0 heterocycles. The van der Waals surface area contributed by atoms with Crippen molar-refractivity contribution in [1.29, 1.82) is 0 Å². The van der Waals surface area contributed by atoms with Crippen LogP contribution in [0.1, 0.15) is 18.9 Å². The predicted octanol–water partition coefficient (Wildman–Crippen LogP) is 5.83. The first kappa shape index (κ1) is 16.6. The summed E-state index contributed by atoms with van der Waals surface area (Å²) in [6, 6.07) is 11.1. The summed E-state index contributed by atoms with van der Waals surface area (Å²) in [5.41, 5.74) is 7.02. The normalized spacial score (nSPS) is 12.2. The number of hydrogen-bond acceptors (Lipinski definition) is 2. The lowest BCUT2D eigenvalue weighted by molar-refractivity contribution is 0.472. The molecule has 0 saturated carbocycles. The molecule has 0 bridgehead atoms. The molecule has 2 aromatic carbocycles. The summed E-state index contributed by atoms with van der Waals surface area (Å²) in [5.74, 6) is 1.33. The van der Waals surface area contributed by atoms with E-state index < -0.39 is 0 Å². The van der Waals surface area contributed by atoms with Crippen molar-refractivity contribution in [3.05, 3.63) is 56.5 Å². The van der Waals surface area contributed by atoms with Crippen molar-refractivity contribution in [2.45, 2.75) is 25.8 Å². The lowest BCUT2D eigenvalue weighted by atomic mass is 10.0. The monoisotopic (exact) mass is 387 g/mol. The van der Waals surface area contributed by atoms with Gasteiger partial charge in [0.05, 0.1) is 5.02 Å². The van der Waals surface area contributed by atoms with Gasteiger partial charge in [0.1, 0.15) is 11.5 Å². The first-order valence-electron chi connectivity index (χ1n) is 6.66. The molecule has 0 amide bonds. The van der Waals surface area contributed by atoms with Crippen LogP contribution in [-0.2, 0) is 6.42 Å². The van der Waals surface area contributed by atoms with Gasteiger partial charge in [0, 0.05) is 15.5 Å². The highest BCUT2D eigenvalue weighted by Gasteiger charge is 2.11. The molecule has 21 heavy (non-hydrogen) atoms. The highest BCUT2D eigenvalue weighted by Crippen LogP contribution is 2.34. The van der Waals surface area contributed by atoms with Crippen molar-refractivity contribution in [1.82, 2.24) is 0 Å². The Morgan fingerprint density at radius 1 is 1.14 bits per heavy atom. The van der Waals surface area contributed by atoms with Gasteiger partial charge in [0.25, 0.3) is 0 Å². The minimum Gasteiger partial charge on any atom is -0.456 e. The Labute approximate surface area is 143 Å². The van der Waals surface area contributed by atoms with Crippen molar-refractivity contribution in [3.63, 3.8) is 0 Å². The molecular weight excluding hydrogens is 373 g/mol. The lowest BCUT2D eigenvalue weighted by Crippen LogP contribution is -2.21. The van der Waals surface area contributed by atoms with Crippen molar-refractivity contribution in [2.24, 2.45) is 5.73 Å². The van der Waals surface area contributed by atoms with E-state index in [4.69, 9.17) is 33.7 Å². The molecule has 0 saturated heterocycles. The fourth-order valence-electron chi connectivity index (χ4n) is 1.91. The van der Waals surface area contributed by atoms with E-state index in [1.54, 1.807) is 12.1 Å². The van der Waals surface area contributed by atoms with Gasteiger partial charge in [-0.05, 0) is 54.8 Å². The van der Waals surface area contributed by atoms with Gasteiger partial charge >= 0.3 is 0 Å². The molecule has 0 aliphatic rings. The molecule has 0 aliphatic heterocycles. The quantitative estimate of drug-likeness (QED) is 0.699. The fraction of sp³-hybridized carbons (Fsp3) is 0.250. The first-order valence-corrected chi connectivity index (χ1v) is 8.21. The molecule has 5 heteroatoms. The maximum Gasteiger partial charge on any atom is 0.146 e. The third-order valence-electron chi connectivity index (χ3n) is 3.14. The second kappa shape index (κ2) is 7.50. The Kier molecular flexibility index (Phi) is 5.94. The van der Waals surface area contributed by atoms with Crippen LogP contribution in [0, 0.1) is 0 Å². The van der Waals surface area contributed by atoms with E-state index in [0.717, 1.165) is 22.2 Å². The lowest BCUT2D eigenvalue weighted by Gasteiger charge is -2.15. The van der Waals surface area contributed by atoms with Crippen LogP contribution in [-0.4, -0.2) is 6.04 Å². The second-order valence-electron chi connectivity index (χ2n) is 4.80. The topological polar surface area (TPSA) is 35.2 Å². The maximum atomic E-state index is 6.19. The molecule has 0 aromatic heterocycles. The van der Waals surface area contributed by atoms with Gasteiger partial charge in [-0.1, -0.05) is 46.1 Å². The van der Waals surface area contributed by atoms with Crippen molar-refractivity contribution in [3.8, 4) is 11.5 Å². The van der Waals surface area contributed by atoms with Gasteiger partial charge in [-0.2, -0.15) is 0 Å². The third-order valence-corrected chi connectivity index (χ3v) is 4.17. The molecule has 0 spiro atoms. The van der Waals surface area contributed by atoms with Gasteiger partial charge in [0.2, 0.25) is 0 Å². The van der Waals surface area contributed by atoms with Crippen molar-refractivity contribution >= 4 is 39.1 Å². The van der Waals surface area contributed by atoms with Crippen LogP contribution in [0.4, 0.5) is 0 Å². The summed E-state index contributed by atoms with van der Waals surface area (Å²) in [6.07, 6.45) is 1.60. The molecule has 112 valence electrons. The van der Waals surface area contributed by atoms with E-state index in [2.05, 4.69) is 22.9 Å². The van der Waals surface area contributed by atoms with Crippen LogP contribution in [0.3, 0.4) is 0 Å². The van der Waals surface area contributed by atoms with Crippen molar-refractivity contribution in [2.75, 3.05) is 0 Å². The van der Waals surface area contributed by atoms with Crippen LogP contribution in [0.5, 0.6) is 11.5 Å². The molecule has 0 fully saturated rings. The number of ether oxygens (including phenoxy) is 1. The Morgan fingerprint density at radius 2 is 1.86 bits per heavy atom. The first-order chi connectivity index (χ1) is 9.99. The van der Waals surface area contributed by atoms with Gasteiger partial charge in [0.15, 0.2) is 0 Å². The molecule has 2 nitrogen and oxygen atoms in total. The van der Waals surface area contributed by atoms with E-state index in [0.29, 0.717) is 22.2 Å². The average molecular weight is 389 g/mol. The van der Waals surface area contributed by atoms with E-state index in [-0.39, 0.29) is 6.04 Å². The Balaban J connectivity index is 2.30. The SMILES string of the molecule is CCC(N)Cc1cc(Cl)ccc1Oc1ccc(Br)cc1Cl. The Morgan fingerprint density at radius 3 is 2.52 bits per heavy atom. The number of rotatable bonds is 5. The number of hydrogen-bond donors (Lipinski definition) is 1. The van der Waals surface area contributed by atoms with E-state index in [1.165, 1.54) is 0 Å². The van der Waals surface area contributed by atoms with Crippen LogP contribution in [0.2, 0.25) is 10.0 Å². The standard InChI is InChI=1S/C16H16BrCl2NO/c1-2-13(20)8-10-7-12(18)4-6-15(10)21-16-5-3-11(17)9-14(16)19/h3-7,9,13H,2,8,20H2,1H3. The third kappa shape index (κ3) is 4.62. The average Bonchev–Trinajstić information content (AvgIpc) is 2.44. The summed E-state index contributed by atoms with van der Waals surface area (Å²) >= 11 is 15.6. The zero-order valence-electron chi connectivity index (χ0n) is 11.6. The van der Waals surface area contributed by atoms with E-state index in [9.17, 15) is 0 Å². The molecule has 2 aromatic rings. The van der Waals surface area contributed by atoms with Crippen LogP contribution in [0.15, 0.2) is 40.9 Å². The highest BCUT2D eigenvalue weighted by molar-refractivity contribution is 9.10. The predicted molar refractivity (Wildman–Crippen MR) is 92.6 cm³/mol. The molecule has 1 atom stereocenters. The number of nitrogens with two attached hydrogens (primary N) is 1. The summed E-state index contributed by atoms with van der Waals surface area (Å²) in [7, 11) is 0. The highest BCUT2D eigenvalue weighted by atomic mass is 79.9. The largest absolute Gasteiger partial charge is 0.456 e. The zero-order chi connectivity index (χ0) is 15.4.